The Hall–Kier alpha value is -4.97. The summed E-state index contributed by atoms with van der Waals surface area (Å²) < 4.78 is 0. The zero-order valence-corrected chi connectivity index (χ0v) is 21.6. The molecule has 0 saturated heterocycles. The van der Waals surface area contributed by atoms with Gasteiger partial charge in [-0.3, -0.25) is 14.4 Å². The first-order chi connectivity index (χ1) is 19.3. The summed E-state index contributed by atoms with van der Waals surface area (Å²) in [4.78, 5) is 60.2. The third-order valence-electron chi connectivity index (χ3n) is 6.40. The number of carbonyl (C=O) groups is 4. The van der Waals surface area contributed by atoms with Gasteiger partial charge in [0.05, 0.1) is 18.9 Å². The van der Waals surface area contributed by atoms with Crippen LogP contribution in [0.5, 0.6) is 0 Å². The Kier molecular flexibility index (Phi) is 9.26. The zero-order valence-electron chi connectivity index (χ0n) is 21.6. The van der Waals surface area contributed by atoms with Crippen molar-refractivity contribution in [2.75, 3.05) is 6.54 Å². The van der Waals surface area contributed by atoms with Gasteiger partial charge in [-0.15, -0.1) is 0 Å². The molecule has 0 aliphatic heterocycles. The number of rotatable bonds is 13. The van der Waals surface area contributed by atoms with Crippen molar-refractivity contribution in [2.45, 2.75) is 37.4 Å². The number of aliphatic carboxylic acids is 1. The van der Waals surface area contributed by atoms with Crippen LogP contribution in [-0.2, 0) is 38.4 Å². The number of imidazole rings is 1. The number of para-hydroxylation sites is 1. The summed E-state index contributed by atoms with van der Waals surface area (Å²) in [5.41, 5.74) is 9.09. The summed E-state index contributed by atoms with van der Waals surface area (Å²) in [7, 11) is 0. The average Bonchev–Trinajstić information content (AvgIpc) is 3.61. The van der Waals surface area contributed by atoms with E-state index in [9.17, 15) is 24.3 Å². The molecule has 12 heteroatoms. The van der Waals surface area contributed by atoms with Crippen LogP contribution in [0.2, 0.25) is 0 Å². The number of aromatic nitrogens is 3. The van der Waals surface area contributed by atoms with Crippen LogP contribution in [0, 0.1) is 0 Å². The average molecular weight is 546 g/mol. The van der Waals surface area contributed by atoms with Crippen LogP contribution >= 0.6 is 0 Å². The predicted molar refractivity (Wildman–Crippen MR) is 147 cm³/mol. The molecule has 0 radical (unpaired) electrons. The quantitative estimate of drug-likeness (QED) is 0.126. The van der Waals surface area contributed by atoms with Gasteiger partial charge in [0.1, 0.15) is 12.1 Å². The van der Waals surface area contributed by atoms with Crippen LogP contribution in [0.3, 0.4) is 0 Å². The first-order valence-corrected chi connectivity index (χ1v) is 12.7. The molecule has 2 aromatic heterocycles. The molecule has 2 heterocycles. The monoisotopic (exact) mass is 545 g/mol. The topological polar surface area (TPSA) is 195 Å². The second kappa shape index (κ2) is 13.2. The number of amides is 3. The van der Waals surface area contributed by atoms with Crippen LogP contribution < -0.4 is 21.7 Å². The summed E-state index contributed by atoms with van der Waals surface area (Å²) in [6.07, 6.45) is 5.16. The molecule has 12 nitrogen and oxygen atoms in total. The van der Waals surface area contributed by atoms with Gasteiger partial charge in [-0.05, 0) is 17.2 Å². The zero-order chi connectivity index (χ0) is 28.5. The van der Waals surface area contributed by atoms with Gasteiger partial charge in [0, 0.05) is 48.3 Å². The highest BCUT2D eigenvalue weighted by Gasteiger charge is 2.26. The molecule has 0 spiro atoms. The maximum absolute atomic E-state index is 13.1. The first kappa shape index (κ1) is 28.0. The molecule has 3 amide bonds. The van der Waals surface area contributed by atoms with Crippen molar-refractivity contribution in [3.63, 3.8) is 0 Å². The van der Waals surface area contributed by atoms with E-state index in [-0.39, 0.29) is 19.3 Å². The normalized spacial score (nSPS) is 13.2. The van der Waals surface area contributed by atoms with E-state index >= 15 is 0 Å². The molecule has 8 N–H and O–H groups in total. The van der Waals surface area contributed by atoms with Gasteiger partial charge in [-0.2, -0.15) is 0 Å². The number of carbonyl (C=O) groups excluding carboxylic acids is 3. The Labute approximate surface area is 229 Å². The van der Waals surface area contributed by atoms with E-state index in [1.807, 2.05) is 54.6 Å². The van der Waals surface area contributed by atoms with E-state index < -0.39 is 48.4 Å². The molecule has 3 unspecified atom stereocenters. The molecular formula is C28H31N7O5. The van der Waals surface area contributed by atoms with Crippen LogP contribution in [0.25, 0.3) is 10.9 Å². The van der Waals surface area contributed by atoms with E-state index in [1.54, 1.807) is 12.4 Å². The number of carboxylic acid groups (broad SMARTS) is 1. The molecule has 0 aliphatic rings. The van der Waals surface area contributed by atoms with Gasteiger partial charge in [-0.25, -0.2) is 9.78 Å². The Morgan fingerprint density at radius 3 is 2.35 bits per heavy atom. The molecular weight excluding hydrogens is 514 g/mol. The number of nitrogens with zero attached hydrogens (tertiary/aromatic N) is 1. The molecule has 4 rings (SSSR count). The minimum atomic E-state index is -1.20. The standard InChI is InChI=1S/C28H31N7O5/c29-21(12-19-14-30-16-33-19)26(37)35-23(10-17-6-2-1-3-7-17)27(38)32-15-25(36)34-24(28(39)40)11-18-13-31-22-9-5-4-8-20(18)22/h1-9,13-14,16,21,23-24,31H,10-12,15,29H2,(H,30,33)(H,32,38)(H,34,36)(H,35,37)(H,39,40). The summed E-state index contributed by atoms with van der Waals surface area (Å²) in [6, 6.07) is 13.4. The van der Waals surface area contributed by atoms with Gasteiger partial charge in [0.25, 0.3) is 0 Å². The number of nitrogens with two attached hydrogens (primary N) is 1. The number of hydrogen-bond donors (Lipinski definition) is 7. The number of H-pyrrole nitrogens is 2. The Bertz CT molecular complexity index is 1450. The van der Waals surface area contributed by atoms with E-state index in [2.05, 4.69) is 30.9 Å². The van der Waals surface area contributed by atoms with Crippen LogP contribution in [-0.4, -0.2) is 68.4 Å². The van der Waals surface area contributed by atoms with Gasteiger partial charge in [0.15, 0.2) is 0 Å². The number of benzene rings is 2. The minimum Gasteiger partial charge on any atom is -0.480 e. The van der Waals surface area contributed by atoms with Crippen LogP contribution in [0.1, 0.15) is 16.8 Å². The highest BCUT2D eigenvalue weighted by molar-refractivity contribution is 5.93. The van der Waals surface area contributed by atoms with Crippen molar-refractivity contribution >= 4 is 34.6 Å². The van der Waals surface area contributed by atoms with Gasteiger partial charge in [0.2, 0.25) is 17.7 Å². The highest BCUT2D eigenvalue weighted by Crippen LogP contribution is 2.19. The minimum absolute atomic E-state index is 0.0555. The lowest BCUT2D eigenvalue weighted by molar-refractivity contribution is -0.141. The molecule has 0 aliphatic carbocycles. The molecule has 0 bridgehead atoms. The van der Waals surface area contributed by atoms with Crippen molar-refractivity contribution < 1.29 is 24.3 Å². The van der Waals surface area contributed by atoms with Crippen LogP contribution in [0.15, 0.2) is 73.3 Å². The van der Waals surface area contributed by atoms with Crippen molar-refractivity contribution in [2.24, 2.45) is 5.73 Å². The van der Waals surface area contributed by atoms with Crippen molar-refractivity contribution in [3.05, 3.63) is 90.1 Å². The Morgan fingerprint density at radius 2 is 1.62 bits per heavy atom. The SMILES string of the molecule is NC(Cc1cnc[nH]1)C(=O)NC(Cc1ccccc1)C(=O)NCC(=O)NC(Cc1c[nH]c2ccccc12)C(=O)O. The number of fused-ring (bicyclic) bond motifs is 1. The lowest BCUT2D eigenvalue weighted by atomic mass is 10.0. The lowest BCUT2D eigenvalue weighted by Crippen LogP contribution is -2.54. The number of aromatic amines is 2. The van der Waals surface area contributed by atoms with Gasteiger partial charge < -0.3 is 36.8 Å². The van der Waals surface area contributed by atoms with Gasteiger partial charge in [-0.1, -0.05) is 48.5 Å². The van der Waals surface area contributed by atoms with E-state index in [1.165, 1.54) is 6.33 Å². The summed E-state index contributed by atoms with van der Waals surface area (Å²) in [6.45, 7) is -0.474. The largest absolute Gasteiger partial charge is 0.480 e. The molecule has 0 saturated carbocycles. The highest BCUT2D eigenvalue weighted by atomic mass is 16.4. The Balaban J connectivity index is 1.36. The van der Waals surface area contributed by atoms with E-state index in [0.717, 1.165) is 22.0 Å². The van der Waals surface area contributed by atoms with E-state index in [0.29, 0.717) is 5.69 Å². The second-order valence-corrected chi connectivity index (χ2v) is 9.38. The van der Waals surface area contributed by atoms with Crippen molar-refractivity contribution in [3.8, 4) is 0 Å². The third-order valence-corrected chi connectivity index (χ3v) is 6.40. The van der Waals surface area contributed by atoms with E-state index in [4.69, 9.17) is 5.73 Å². The number of hydrogen-bond acceptors (Lipinski definition) is 6. The molecule has 3 atom stereocenters. The number of nitrogens with one attached hydrogen (secondary N) is 5. The van der Waals surface area contributed by atoms with Crippen molar-refractivity contribution in [1.29, 1.82) is 0 Å². The molecule has 4 aromatic rings. The second-order valence-electron chi connectivity index (χ2n) is 9.38. The molecule has 208 valence electrons. The fourth-order valence-corrected chi connectivity index (χ4v) is 4.32. The molecule has 0 fully saturated rings. The maximum Gasteiger partial charge on any atom is 0.326 e. The summed E-state index contributed by atoms with van der Waals surface area (Å²) in [5, 5.41) is 18.2. The Morgan fingerprint density at radius 1 is 0.875 bits per heavy atom. The van der Waals surface area contributed by atoms with Crippen molar-refractivity contribution in [1.82, 2.24) is 30.9 Å². The summed E-state index contributed by atoms with van der Waals surface area (Å²) >= 11 is 0. The van der Waals surface area contributed by atoms with Gasteiger partial charge >= 0.3 is 5.97 Å². The molecule has 40 heavy (non-hydrogen) atoms. The fourth-order valence-electron chi connectivity index (χ4n) is 4.32. The number of carboxylic acids is 1. The summed E-state index contributed by atoms with van der Waals surface area (Å²) in [5.74, 6) is -3.03. The molecule has 2 aromatic carbocycles. The smallest absolute Gasteiger partial charge is 0.326 e. The van der Waals surface area contributed by atoms with Crippen LogP contribution in [0.4, 0.5) is 0 Å². The lowest BCUT2D eigenvalue weighted by Gasteiger charge is -2.21. The fraction of sp³-hybridized carbons (Fsp3) is 0.250. The maximum atomic E-state index is 13.1. The predicted octanol–water partition coefficient (Wildman–Crippen LogP) is 0.417. The first-order valence-electron chi connectivity index (χ1n) is 12.7. The third kappa shape index (κ3) is 7.54.